The summed E-state index contributed by atoms with van der Waals surface area (Å²) in [5.41, 5.74) is 1.31. The van der Waals surface area contributed by atoms with Gasteiger partial charge in [-0.25, -0.2) is 9.78 Å². The van der Waals surface area contributed by atoms with E-state index in [1.165, 1.54) is 24.8 Å². The van der Waals surface area contributed by atoms with Crippen LogP contribution in [0.4, 0.5) is 4.79 Å². The molecule has 2 atom stereocenters. The molecule has 2 aromatic rings. The van der Waals surface area contributed by atoms with Crippen LogP contribution in [0.2, 0.25) is 0 Å². The molecule has 0 unspecified atom stereocenters. The first-order valence-electron chi connectivity index (χ1n) is 9.36. The Balaban J connectivity index is 1.28. The summed E-state index contributed by atoms with van der Waals surface area (Å²) in [5.74, 6) is 2.39. The maximum Gasteiger partial charge on any atom is 0.317 e. The van der Waals surface area contributed by atoms with Gasteiger partial charge in [-0.1, -0.05) is 36.8 Å². The molecule has 5 nitrogen and oxygen atoms in total. The minimum Gasteiger partial charge on any atom is -0.333 e. The molecule has 2 amide bonds. The highest BCUT2D eigenvalue weighted by atomic mass is 16.2. The summed E-state index contributed by atoms with van der Waals surface area (Å²) in [6.45, 7) is 3.23. The molecular formula is C20H26N4O. The number of benzene rings is 1. The number of hydrogen-bond acceptors (Lipinski definition) is 2. The van der Waals surface area contributed by atoms with E-state index in [0.717, 1.165) is 43.7 Å². The second kappa shape index (κ2) is 7.30. The zero-order valence-electron chi connectivity index (χ0n) is 14.6. The van der Waals surface area contributed by atoms with Crippen molar-refractivity contribution in [2.24, 2.45) is 11.8 Å². The zero-order valence-corrected chi connectivity index (χ0v) is 14.6. The van der Waals surface area contributed by atoms with E-state index in [1.54, 1.807) is 0 Å². The van der Waals surface area contributed by atoms with Gasteiger partial charge >= 0.3 is 6.03 Å². The van der Waals surface area contributed by atoms with Gasteiger partial charge in [-0.15, -0.1) is 0 Å². The average Bonchev–Trinajstić information content (AvgIpc) is 3.34. The van der Waals surface area contributed by atoms with Crippen molar-refractivity contribution in [1.29, 1.82) is 0 Å². The van der Waals surface area contributed by atoms with E-state index in [2.05, 4.69) is 39.1 Å². The van der Waals surface area contributed by atoms with Crippen molar-refractivity contribution in [3.63, 3.8) is 0 Å². The molecule has 0 spiro atoms. The number of nitrogens with one attached hydrogen (secondary N) is 1. The van der Waals surface area contributed by atoms with E-state index in [4.69, 9.17) is 0 Å². The van der Waals surface area contributed by atoms with E-state index >= 15 is 0 Å². The number of amides is 2. The van der Waals surface area contributed by atoms with Crippen LogP contribution in [0.15, 0.2) is 42.7 Å². The van der Waals surface area contributed by atoms with Crippen LogP contribution in [0.5, 0.6) is 0 Å². The molecule has 1 saturated heterocycles. The number of urea groups is 1. The van der Waals surface area contributed by atoms with Crippen molar-refractivity contribution in [3.05, 3.63) is 54.1 Å². The highest BCUT2D eigenvalue weighted by Gasteiger charge is 2.37. The number of fused-ring (bicyclic) bond motifs is 1. The molecule has 2 aliphatic rings. The fraction of sp³-hybridized carbons (Fsp3) is 0.500. The number of rotatable bonds is 5. The zero-order chi connectivity index (χ0) is 17.1. The van der Waals surface area contributed by atoms with Gasteiger partial charge in [0.15, 0.2) is 0 Å². The van der Waals surface area contributed by atoms with Gasteiger partial charge in [0.2, 0.25) is 0 Å². The Kier molecular flexibility index (Phi) is 4.72. The van der Waals surface area contributed by atoms with Gasteiger partial charge < -0.3 is 14.8 Å². The van der Waals surface area contributed by atoms with Crippen LogP contribution in [0, 0.1) is 11.8 Å². The highest BCUT2D eigenvalue weighted by molar-refractivity contribution is 5.74. The molecule has 1 aromatic carbocycles. The summed E-state index contributed by atoms with van der Waals surface area (Å²) in [4.78, 5) is 18.8. The van der Waals surface area contributed by atoms with Crippen molar-refractivity contribution >= 4 is 6.03 Å². The molecule has 2 heterocycles. The summed E-state index contributed by atoms with van der Waals surface area (Å²) in [6, 6.07) is 10.5. The van der Waals surface area contributed by atoms with E-state index in [9.17, 15) is 4.79 Å². The van der Waals surface area contributed by atoms with Crippen molar-refractivity contribution in [2.75, 3.05) is 13.1 Å². The molecule has 1 N–H and O–H groups in total. The van der Waals surface area contributed by atoms with E-state index in [0.29, 0.717) is 6.54 Å². The SMILES string of the molecule is O=C(NCc1nccn1CCc1ccccc1)N1C[C@H]2CCC[C@H]2C1. The predicted octanol–water partition coefficient (Wildman–Crippen LogP) is 3.07. The van der Waals surface area contributed by atoms with Crippen molar-refractivity contribution in [2.45, 2.75) is 38.8 Å². The first kappa shape index (κ1) is 16.2. The van der Waals surface area contributed by atoms with Crippen LogP contribution in [0.25, 0.3) is 0 Å². The summed E-state index contributed by atoms with van der Waals surface area (Å²) in [7, 11) is 0. The van der Waals surface area contributed by atoms with Crippen molar-refractivity contribution in [3.8, 4) is 0 Å². The van der Waals surface area contributed by atoms with Gasteiger partial charge in [0.05, 0.1) is 6.54 Å². The van der Waals surface area contributed by atoms with Gasteiger partial charge in [-0.3, -0.25) is 0 Å². The first-order valence-corrected chi connectivity index (χ1v) is 9.36. The molecule has 1 aliphatic heterocycles. The third kappa shape index (κ3) is 3.70. The molecule has 1 aliphatic carbocycles. The minimum absolute atomic E-state index is 0.0620. The Hall–Kier alpha value is -2.30. The molecular weight excluding hydrogens is 312 g/mol. The first-order chi connectivity index (χ1) is 12.3. The smallest absolute Gasteiger partial charge is 0.317 e. The van der Waals surface area contributed by atoms with E-state index < -0.39 is 0 Å². The Morgan fingerprint density at radius 2 is 1.92 bits per heavy atom. The normalized spacial score (nSPS) is 22.2. The van der Waals surface area contributed by atoms with Gasteiger partial charge in [-0.2, -0.15) is 0 Å². The monoisotopic (exact) mass is 338 g/mol. The Bertz CT molecular complexity index is 699. The lowest BCUT2D eigenvalue weighted by Crippen LogP contribution is -2.39. The fourth-order valence-electron chi connectivity index (χ4n) is 4.27. The van der Waals surface area contributed by atoms with Gasteiger partial charge in [-0.05, 0) is 36.7 Å². The minimum atomic E-state index is 0.0620. The number of carbonyl (C=O) groups is 1. The van der Waals surface area contributed by atoms with E-state index in [-0.39, 0.29) is 6.03 Å². The topological polar surface area (TPSA) is 50.2 Å². The molecule has 2 fully saturated rings. The lowest BCUT2D eigenvalue weighted by molar-refractivity contribution is 0.204. The third-order valence-electron chi connectivity index (χ3n) is 5.70. The van der Waals surface area contributed by atoms with Crippen LogP contribution < -0.4 is 5.32 Å². The summed E-state index contributed by atoms with van der Waals surface area (Å²) < 4.78 is 2.13. The average molecular weight is 338 g/mol. The number of nitrogens with zero attached hydrogens (tertiary/aromatic N) is 3. The number of aryl methyl sites for hydroxylation is 2. The lowest BCUT2D eigenvalue weighted by Gasteiger charge is -2.18. The number of carbonyl (C=O) groups excluding carboxylic acids is 1. The van der Waals surface area contributed by atoms with Crippen molar-refractivity contribution < 1.29 is 4.79 Å². The van der Waals surface area contributed by atoms with E-state index in [1.807, 2.05) is 23.4 Å². The second-order valence-electron chi connectivity index (χ2n) is 7.29. The maximum absolute atomic E-state index is 12.4. The quantitative estimate of drug-likeness (QED) is 0.911. The third-order valence-corrected chi connectivity index (χ3v) is 5.70. The molecule has 1 saturated carbocycles. The Morgan fingerprint density at radius 1 is 1.16 bits per heavy atom. The largest absolute Gasteiger partial charge is 0.333 e. The number of likely N-dealkylation sites (tertiary alicyclic amines) is 1. The van der Waals surface area contributed by atoms with Crippen LogP contribution in [-0.2, 0) is 19.5 Å². The van der Waals surface area contributed by atoms with Gasteiger partial charge in [0.25, 0.3) is 0 Å². The molecule has 0 radical (unpaired) electrons. The molecule has 132 valence electrons. The molecule has 4 rings (SSSR count). The molecule has 0 bridgehead atoms. The van der Waals surface area contributed by atoms with Crippen LogP contribution >= 0.6 is 0 Å². The van der Waals surface area contributed by atoms with Crippen LogP contribution in [0.1, 0.15) is 30.7 Å². The predicted molar refractivity (Wildman–Crippen MR) is 97.0 cm³/mol. The van der Waals surface area contributed by atoms with Crippen molar-refractivity contribution in [1.82, 2.24) is 19.8 Å². The Morgan fingerprint density at radius 3 is 2.68 bits per heavy atom. The maximum atomic E-state index is 12.4. The number of aromatic nitrogens is 2. The van der Waals surface area contributed by atoms with Gasteiger partial charge in [0.1, 0.15) is 5.82 Å². The van der Waals surface area contributed by atoms with Crippen LogP contribution in [-0.4, -0.2) is 33.6 Å². The summed E-state index contributed by atoms with van der Waals surface area (Å²) in [6.07, 6.45) is 8.69. The standard InChI is InChI=1S/C20H26N4O/c25-20(24-14-17-7-4-8-18(17)15-24)22-13-19-21-10-12-23(19)11-9-16-5-2-1-3-6-16/h1-3,5-6,10,12,17-18H,4,7-9,11,13-15H2,(H,22,25)/t17-,18+. The fourth-order valence-corrected chi connectivity index (χ4v) is 4.27. The lowest BCUT2D eigenvalue weighted by atomic mass is 10.0. The molecule has 5 heteroatoms. The highest BCUT2D eigenvalue weighted by Crippen LogP contribution is 2.37. The molecule has 1 aromatic heterocycles. The van der Waals surface area contributed by atoms with Crippen LogP contribution in [0.3, 0.4) is 0 Å². The second-order valence-corrected chi connectivity index (χ2v) is 7.29. The molecule has 25 heavy (non-hydrogen) atoms. The number of imidazole rings is 1. The summed E-state index contributed by atoms with van der Waals surface area (Å²) in [5, 5.41) is 3.06. The van der Waals surface area contributed by atoms with Gasteiger partial charge in [0, 0.05) is 32.0 Å². The number of hydrogen-bond donors (Lipinski definition) is 1. The Labute approximate surface area is 149 Å². The summed E-state index contributed by atoms with van der Waals surface area (Å²) >= 11 is 0.